The summed E-state index contributed by atoms with van der Waals surface area (Å²) in [4.78, 5) is 22.1. The SMILES string of the molecule is Cc1ccc2c(c1)/C(=N/N=C\c1cc([N+](=O)[O-])ccc1[O-])C(=O)N2. The second-order valence-corrected chi connectivity index (χ2v) is 5.18. The molecule has 1 heterocycles. The van der Waals surface area contributed by atoms with Crippen LogP contribution in [0.4, 0.5) is 11.4 Å². The number of anilines is 1. The van der Waals surface area contributed by atoms with Gasteiger partial charge < -0.3 is 10.4 Å². The largest absolute Gasteiger partial charge is 0.872 e. The summed E-state index contributed by atoms with van der Waals surface area (Å²) in [6.07, 6.45) is 1.10. The van der Waals surface area contributed by atoms with E-state index in [1.165, 1.54) is 0 Å². The number of carbonyl (C=O) groups is 1. The number of nitrogens with one attached hydrogen (secondary N) is 1. The van der Waals surface area contributed by atoms with Crippen LogP contribution in [0.3, 0.4) is 0 Å². The maximum atomic E-state index is 11.9. The molecule has 2 aromatic rings. The summed E-state index contributed by atoms with van der Waals surface area (Å²) in [5.74, 6) is -0.814. The molecule has 1 N–H and O–H groups in total. The topological polar surface area (TPSA) is 120 Å². The zero-order valence-corrected chi connectivity index (χ0v) is 12.5. The lowest BCUT2D eigenvalue weighted by molar-refractivity contribution is -0.385. The van der Waals surface area contributed by atoms with Crippen molar-refractivity contribution in [2.75, 3.05) is 5.32 Å². The first-order valence-corrected chi connectivity index (χ1v) is 6.94. The second-order valence-electron chi connectivity index (χ2n) is 5.18. The number of hydrogen-bond donors (Lipinski definition) is 1. The molecule has 8 heteroatoms. The summed E-state index contributed by atoms with van der Waals surface area (Å²) in [6, 6.07) is 8.75. The van der Waals surface area contributed by atoms with E-state index in [1.54, 1.807) is 12.1 Å². The predicted octanol–water partition coefficient (Wildman–Crippen LogP) is 1.75. The van der Waals surface area contributed by atoms with E-state index in [4.69, 9.17) is 0 Å². The van der Waals surface area contributed by atoms with Gasteiger partial charge in [0.05, 0.1) is 16.8 Å². The van der Waals surface area contributed by atoms with Gasteiger partial charge in [0.25, 0.3) is 11.6 Å². The average Bonchev–Trinajstić information content (AvgIpc) is 2.84. The summed E-state index contributed by atoms with van der Waals surface area (Å²) in [6.45, 7) is 1.89. The smallest absolute Gasteiger partial charge is 0.276 e. The Morgan fingerprint density at radius 2 is 2.00 bits per heavy atom. The van der Waals surface area contributed by atoms with Crippen LogP contribution < -0.4 is 10.4 Å². The van der Waals surface area contributed by atoms with Gasteiger partial charge in [-0.2, -0.15) is 5.10 Å². The fourth-order valence-corrected chi connectivity index (χ4v) is 2.27. The lowest BCUT2D eigenvalue weighted by atomic mass is 10.1. The number of rotatable bonds is 3. The van der Waals surface area contributed by atoms with Gasteiger partial charge in [-0.1, -0.05) is 23.4 Å². The van der Waals surface area contributed by atoms with Crippen LogP contribution in [0, 0.1) is 17.0 Å². The molecule has 8 nitrogen and oxygen atoms in total. The maximum absolute atomic E-state index is 11.9. The van der Waals surface area contributed by atoms with Crippen molar-refractivity contribution in [1.29, 1.82) is 0 Å². The van der Waals surface area contributed by atoms with Crippen molar-refractivity contribution in [3.63, 3.8) is 0 Å². The Morgan fingerprint density at radius 3 is 2.75 bits per heavy atom. The first-order valence-electron chi connectivity index (χ1n) is 6.94. The number of nitro groups is 1. The number of benzene rings is 2. The van der Waals surface area contributed by atoms with Gasteiger partial charge in [0.15, 0.2) is 5.71 Å². The van der Waals surface area contributed by atoms with E-state index in [2.05, 4.69) is 15.5 Å². The van der Waals surface area contributed by atoms with Crippen LogP contribution in [0.1, 0.15) is 16.7 Å². The van der Waals surface area contributed by atoms with Gasteiger partial charge in [-0.25, -0.2) is 0 Å². The molecule has 0 aromatic heterocycles. The highest BCUT2D eigenvalue weighted by Gasteiger charge is 2.25. The van der Waals surface area contributed by atoms with Crippen molar-refractivity contribution in [2.45, 2.75) is 6.92 Å². The highest BCUT2D eigenvalue weighted by Crippen LogP contribution is 2.24. The number of fused-ring (bicyclic) bond motifs is 1. The highest BCUT2D eigenvalue weighted by atomic mass is 16.6. The van der Waals surface area contributed by atoms with Crippen molar-refractivity contribution < 1.29 is 14.8 Å². The zero-order valence-electron chi connectivity index (χ0n) is 12.5. The molecule has 0 saturated carbocycles. The zero-order chi connectivity index (χ0) is 17.3. The number of nitro benzene ring substituents is 1. The lowest BCUT2D eigenvalue weighted by Gasteiger charge is -2.07. The van der Waals surface area contributed by atoms with E-state index < -0.39 is 16.6 Å². The van der Waals surface area contributed by atoms with Crippen LogP contribution in [0.5, 0.6) is 5.75 Å². The molecule has 1 aliphatic rings. The third-order valence-electron chi connectivity index (χ3n) is 3.45. The van der Waals surface area contributed by atoms with E-state index in [0.29, 0.717) is 11.3 Å². The third kappa shape index (κ3) is 2.84. The molecule has 0 fully saturated rings. The molecular formula is C16H11N4O4-. The average molecular weight is 323 g/mol. The van der Waals surface area contributed by atoms with Gasteiger partial charge in [-0.3, -0.25) is 14.9 Å². The molecule has 1 aliphatic heterocycles. The van der Waals surface area contributed by atoms with E-state index in [1.807, 2.05) is 13.0 Å². The number of amides is 1. The van der Waals surface area contributed by atoms with E-state index in [-0.39, 0.29) is 17.0 Å². The van der Waals surface area contributed by atoms with Crippen molar-refractivity contribution >= 4 is 29.2 Å². The van der Waals surface area contributed by atoms with Crippen molar-refractivity contribution in [3.8, 4) is 5.75 Å². The minimum absolute atomic E-state index is 0.0245. The van der Waals surface area contributed by atoms with Crippen LogP contribution in [0.2, 0.25) is 0 Å². The molecule has 0 radical (unpaired) electrons. The number of carbonyl (C=O) groups excluding carboxylic acids is 1. The molecule has 0 atom stereocenters. The first kappa shape index (κ1) is 15.3. The monoisotopic (exact) mass is 323 g/mol. The molecule has 24 heavy (non-hydrogen) atoms. The van der Waals surface area contributed by atoms with Crippen LogP contribution >= 0.6 is 0 Å². The normalized spacial score (nSPS) is 14.9. The number of aryl methyl sites for hydroxylation is 1. The summed E-state index contributed by atoms with van der Waals surface area (Å²) < 4.78 is 0. The standard InChI is InChI=1S/C16H12N4O4/c1-9-2-4-13-12(6-9)15(16(22)18-13)19-17-8-10-7-11(20(23)24)3-5-14(10)21/h2-8,21H,1H3,(H,18,19,22)/p-1/b17-8-. The Morgan fingerprint density at radius 1 is 1.21 bits per heavy atom. The molecule has 1 amide bonds. The molecule has 0 aliphatic carbocycles. The van der Waals surface area contributed by atoms with Crippen molar-refractivity contribution in [3.05, 3.63) is 63.2 Å². The Balaban J connectivity index is 1.93. The molecule has 120 valence electrons. The minimum atomic E-state index is -0.605. The third-order valence-corrected chi connectivity index (χ3v) is 3.45. The molecule has 3 rings (SSSR count). The molecule has 0 unspecified atom stereocenters. The Labute approximate surface area is 136 Å². The molecule has 0 saturated heterocycles. The van der Waals surface area contributed by atoms with Crippen molar-refractivity contribution in [1.82, 2.24) is 0 Å². The van der Waals surface area contributed by atoms with Crippen LogP contribution in [0.25, 0.3) is 0 Å². The first-order chi connectivity index (χ1) is 11.5. The molecule has 0 spiro atoms. The predicted molar refractivity (Wildman–Crippen MR) is 86.5 cm³/mol. The Hall–Kier alpha value is -3.55. The Kier molecular flexibility index (Phi) is 3.78. The Bertz CT molecular complexity index is 918. The fourth-order valence-electron chi connectivity index (χ4n) is 2.27. The highest BCUT2D eigenvalue weighted by molar-refractivity contribution is 6.53. The minimum Gasteiger partial charge on any atom is -0.872 e. The molecule has 2 aromatic carbocycles. The van der Waals surface area contributed by atoms with Gasteiger partial charge in [-0.15, -0.1) is 5.10 Å². The van der Waals surface area contributed by atoms with Gasteiger partial charge >= 0.3 is 0 Å². The maximum Gasteiger partial charge on any atom is 0.276 e. The van der Waals surface area contributed by atoms with Gasteiger partial charge in [0.2, 0.25) is 0 Å². The van der Waals surface area contributed by atoms with Gasteiger partial charge in [0.1, 0.15) is 0 Å². The van der Waals surface area contributed by atoms with Gasteiger partial charge in [0, 0.05) is 17.7 Å². The van der Waals surface area contributed by atoms with E-state index in [0.717, 1.165) is 30.0 Å². The van der Waals surface area contributed by atoms with E-state index in [9.17, 15) is 20.0 Å². The summed E-state index contributed by atoms with van der Waals surface area (Å²) in [5.41, 5.74) is 2.16. The lowest BCUT2D eigenvalue weighted by Crippen LogP contribution is -2.13. The number of non-ortho nitro benzene ring substituents is 1. The summed E-state index contributed by atoms with van der Waals surface area (Å²) in [5, 5.41) is 32.7. The summed E-state index contributed by atoms with van der Waals surface area (Å²) >= 11 is 0. The van der Waals surface area contributed by atoms with Crippen molar-refractivity contribution in [2.24, 2.45) is 10.2 Å². The quantitative estimate of drug-likeness (QED) is 0.525. The van der Waals surface area contributed by atoms with Crippen LogP contribution in [-0.2, 0) is 4.79 Å². The number of hydrogen-bond acceptors (Lipinski definition) is 6. The molecule has 0 bridgehead atoms. The summed E-state index contributed by atoms with van der Waals surface area (Å²) in [7, 11) is 0. The van der Waals surface area contributed by atoms with Crippen LogP contribution in [-0.4, -0.2) is 22.8 Å². The second kappa shape index (κ2) is 5.92. The fraction of sp³-hybridized carbons (Fsp3) is 0.0625. The van der Waals surface area contributed by atoms with Crippen LogP contribution in [0.15, 0.2) is 46.6 Å². The molecular weight excluding hydrogens is 312 g/mol. The van der Waals surface area contributed by atoms with Gasteiger partial charge in [-0.05, 0) is 24.6 Å². The van der Waals surface area contributed by atoms with E-state index >= 15 is 0 Å². The number of nitrogens with zero attached hydrogens (tertiary/aromatic N) is 3.